The molecule has 0 radical (unpaired) electrons. The molecule has 0 aliphatic heterocycles. The molecule has 0 unspecified atom stereocenters. The number of hydrogen-bond donors (Lipinski definition) is 3. The minimum atomic E-state index is -1.14. The highest BCUT2D eigenvalue weighted by atomic mass is 35.5. The van der Waals surface area contributed by atoms with Crippen molar-refractivity contribution in [1.29, 1.82) is 5.26 Å². The summed E-state index contributed by atoms with van der Waals surface area (Å²) >= 11 is 6.14. The number of carbonyl (C=O) groups is 1. The molecule has 7 nitrogen and oxygen atoms in total. The van der Waals surface area contributed by atoms with Crippen LogP contribution in [0.5, 0.6) is 5.75 Å². The predicted octanol–water partition coefficient (Wildman–Crippen LogP) is 3.66. The van der Waals surface area contributed by atoms with E-state index in [0.717, 1.165) is 5.56 Å². The van der Waals surface area contributed by atoms with E-state index < -0.39 is 5.97 Å². The van der Waals surface area contributed by atoms with Crippen molar-refractivity contribution in [1.82, 2.24) is 4.98 Å². The minimum Gasteiger partial charge on any atom is -0.495 e. The molecule has 0 aliphatic rings. The number of hydrogen-bond acceptors (Lipinski definition) is 6. The quantitative estimate of drug-likeness (QED) is 0.575. The zero-order valence-corrected chi connectivity index (χ0v) is 15.0. The van der Waals surface area contributed by atoms with Gasteiger partial charge in [-0.3, -0.25) is 4.98 Å². The zero-order chi connectivity index (χ0) is 19.6. The smallest absolute Gasteiger partial charge is 0.339 e. The fourth-order valence-electron chi connectivity index (χ4n) is 2.76. The summed E-state index contributed by atoms with van der Waals surface area (Å²) in [4.78, 5) is 15.8. The Kier molecular flexibility index (Phi) is 5.01. The fourth-order valence-corrected chi connectivity index (χ4v) is 3.04. The van der Waals surface area contributed by atoms with Crippen molar-refractivity contribution in [3.05, 3.63) is 58.2 Å². The summed E-state index contributed by atoms with van der Waals surface area (Å²) in [6.07, 6.45) is 1.25. The van der Waals surface area contributed by atoms with Crippen molar-refractivity contribution in [2.45, 2.75) is 6.54 Å². The minimum absolute atomic E-state index is 0.0170. The second-order valence-corrected chi connectivity index (χ2v) is 6.16. The Labute approximate surface area is 160 Å². The number of pyridine rings is 1. The number of halogens is 1. The predicted molar refractivity (Wildman–Crippen MR) is 103 cm³/mol. The van der Waals surface area contributed by atoms with E-state index in [2.05, 4.69) is 10.3 Å². The van der Waals surface area contributed by atoms with E-state index in [9.17, 15) is 15.2 Å². The number of anilines is 2. The summed E-state index contributed by atoms with van der Waals surface area (Å²) in [7, 11) is 1.53. The highest BCUT2D eigenvalue weighted by molar-refractivity contribution is 6.32. The van der Waals surface area contributed by atoms with Crippen molar-refractivity contribution in [2.24, 2.45) is 0 Å². The van der Waals surface area contributed by atoms with E-state index >= 15 is 0 Å². The lowest BCUT2D eigenvalue weighted by atomic mass is 10.0. The zero-order valence-electron chi connectivity index (χ0n) is 14.3. The first-order valence-electron chi connectivity index (χ1n) is 7.86. The lowest BCUT2D eigenvalue weighted by Gasteiger charge is -2.14. The molecule has 0 atom stereocenters. The first-order valence-corrected chi connectivity index (χ1v) is 8.24. The molecule has 27 heavy (non-hydrogen) atoms. The standard InChI is InChI=1S/C19H15ClN4O3/c1-27-16-3-2-10(5-14(16)20)8-23-17-12-4-11(7-21)6-15(22)18(12)24-9-13(17)19(25)26/h2-6,9H,8,22H2,1H3,(H,23,24)(H,25,26). The van der Waals surface area contributed by atoms with E-state index in [0.29, 0.717) is 45.2 Å². The molecule has 136 valence electrons. The monoisotopic (exact) mass is 382 g/mol. The van der Waals surface area contributed by atoms with E-state index in [4.69, 9.17) is 22.1 Å². The lowest BCUT2D eigenvalue weighted by molar-refractivity contribution is 0.0697. The van der Waals surface area contributed by atoms with Gasteiger partial charge < -0.3 is 20.9 Å². The van der Waals surface area contributed by atoms with Crippen LogP contribution in [0.25, 0.3) is 10.9 Å². The van der Waals surface area contributed by atoms with Gasteiger partial charge in [0.2, 0.25) is 0 Å². The number of nitrogens with one attached hydrogen (secondary N) is 1. The highest BCUT2D eigenvalue weighted by Crippen LogP contribution is 2.32. The van der Waals surface area contributed by atoms with Gasteiger partial charge in [0.15, 0.2) is 0 Å². The number of carboxylic acid groups (broad SMARTS) is 1. The van der Waals surface area contributed by atoms with Gasteiger partial charge in [0.1, 0.15) is 11.3 Å². The second-order valence-electron chi connectivity index (χ2n) is 5.75. The molecule has 0 bridgehead atoms. The molecule has 3 aromatic rings. The Hall–Kier alpha value is -3.50. The number of methoxy groups -OCH3 is 1. The van der Waals surface area contributed by atoms with Crippen molar-refractivity contribution < 1.29 is 14.6 Å². The first-order chi connectivity index (χ1) is 12.9. The number of nitrogens with two attached hydrogens (primary N) is 1. The van der Waals surface area contributed by atoms with Crippen molar-refractivity contribution in [3.8, 4) is 11.8 Å². The van der Waals surface area contributed by atoms with E-state index in [1.54, 1.807) is 18.2 Å². The van der Waals surface area contributed by atoms with Gasteiger partial charge >= 0.3 is 5.97 Å². The summed E-state index contributed by atoms with van der Waals surface area (Å²) < 4.78 is 5.13. The molecule has 0 saturated heterocycles. The summed E-state index contributed by atoms with van der Waals surface area (Å²) in [6, 6.07) is 10.4. The van der Waals surface area contributed by atoms with Crippen LogP contribution in [0, 0.1) is 11.3 Å². The van der Waals surface area contributed by atoms with Gasteiger partial charge in [-0.1, -0.05) is 17.7 Å². The van der Waals surface area contributed by atoms with E-state index in [1.165, 1.54) is 19.4 Å². The van der Waals surface area contributed by atoms with Crippen LogP contribution in [-0.2, 0) is 6.54 Å². The molecular weight excluding hydrogens is 368 g/mol. The molecule has 2 aromatic carbocycles. The number of nitriles is 1. The SMILES string of the molecule is COc1ccc(CNc2c(C(=O)O)cnc3c(N)cc(C#N)cc23)cc1Cl. The van der Waals surface area contributed by atoms with Crippen LogP contribution in [-0.4, -0.2) is 23.2 Å². The Balaban J connectivity index is 2.07. The van der Waals surface area contributed by atoms with Crippen LogP contribution < -0.4 is 15.8 Å². The van der Waals surface area contributed by atoms with Gasteiger partial charge in [-0.15, -0.1) is 0 Å². The van der Waals surface area contributed by atoms with Crippen LogP contribution in [0.3, 0.4) is 0 Å². The number of benzene rings is 2. The van der Waals surface area contributed by atoms with Gasteiger partial charge in [-0.25, -0.2) is 4.79 Å². The molecule has 4 N–H and O–H groups in total. The highest BCUT2D eigenvalue weighted by Gasteiger charge is 2.17. The number of nitrogens with zero attached hydrogens (tertiary/aromatic N) is 2. The maximum atomic E-state index is 11.6. The fraction of sp³-hybridized carbons (Fsp3) is 0.105. The summed E-state index contributed by atoms with van der Waals surface area (Å²) in [5.41, 5.74) is 8.16. The average molecular weight is 383 g/mol. The normalized spacial score (nSPS) is 10.4. The summed E-state index contributed by atoms with van der Waals surface area (Å²) in [5, 5.41) is 22.7. The third-order valence-corrected chi connectivity index (χ3v) is 4.34. The van der Waals surface area contributed by atoms with E-state index in [-0.39, 0.29) is 5.56 Å². The summed E-state index contributed by atoms with van der Waals surface area (Å²) in [5.74, 6) is -0.590. The number of nitrogen functional groups attached to an aromatic ring is 1. The topological polar surface area (TPSA) is 121 Å². The van der Waals surface area contributed by atoms with Gasteiger partial charge in [0.25, 0.3) is 0 Å². The number of aromatic carboxylic acids is 1. The third kappa shape index (κ3) is 3.57. The molecule has 1 heterocycles. The Morgan fingerprint density at radius 2 is 2.19 bits per heavy atom. The van der Waals surface area contributed by atoms with Crippen molar-refractivity contribution in [2.75, 3.05) is 18.2 Å². The lowest BCUT2D eigenvalue weighted by Crippen LogP contribution is -2.09. The van der Waals surface area contributed by atoms with Crippen LogP contribution in [0.2, 0.25) is 5.02 Å². The Morgan fingerprint density at radius 1 is 1.41 bits per heavy atom. The Bertz CT molecular complexity index is 1090. The average Bonchev–Trinajstić information content (AvgIpc) is 2.65. The molecular formula is C19H15ClN4O3. The molecule has 8 heteroatoms. The molecule has 0 aliphatic carbocycles. The number of carboxylic acids is 1. The molecule has 3 rings (SSSR count). The Morgan fingerprint density at radius 3 is 2.81 bits per heavy atom. The van der Waals surface area contributed by atoms with Crippen LogP contribution in [0.4, 0.5) is 11.4 Å². The number of rotatable bonds is 5. The number of aromatic nitrogens is 1. The molecule has 0 fully saturated rings. The van der Waals surface area contributed by atoms with Gasteiger partial charge in [0, 0.05) is 18.1 Å². The molecule has 0 spiro atoms. The summed E-state index contributed by atoms with van der Waals surface area (Å²) in [6.45, 7) is 0.305. The molecule has 1 aromatic heterocycles. The molecule has 0 saturated carbocycles. The number of ether oxygens (including phenoxy) is 1. The van der Waals surface area contributed by atoms with Crippen molar-refractivity contribution in [3.63, 3.8) is 0 Å². The van der Waals surface area contributed by atoms with Gasteiger partial charge in [-0.05, 0) is 29.8 Å². The van der Waals surface area contributed by atoms with Crippen molar-refractivity contribution >= 4 is 39.8 Å². The second kappa shape index (κ2) is 7.40. The van der Waals surface area contributed by atoms with E-state index in [1.807, 2.05) is 12.1 Å². The van der Waals surface area contributed by atoms with Gasteiger partial charge in [0.05, 0.1) is 40.7 Å². The van der Waals surface area contributed by atoms with Gasteiger partial charge in [-0.2, -0.15) is 5.26 Å². The van der Waals surface area contributed by atoms with Crippen LogP contribution >= 0.6 is 11.6 Å². The first kappa shape index (κ1) is 18.3. The molecule has 0 amide bonds. The largest absolute Gasteiger partial charge is 0.495 e. The van der Waals surface area contributed by atoms with Crippen LogP contribution in [0.15, 0.2) is 36.5 Å². The van der Waals surface area contributed by atoms with Crippen LogP contribution in [0.1, 0.15) is 21.5 Å². The maximum Gasteiger partial charge on any atom is 0.339 e. The maximum absolute atomic E-state index is 11.6. The number of fused-ring (bicyclic) bond motifs is 1. The third-order valence-electron chi connectivity index (χ3n) is 4.05.